The number of benzene rings is 1. The summed E-state index contributed by atoms with van der Waals surface area (Å²) in [6.07, 6.45) is 6.88. The summed E-state index contributed by atoms with van der Waals surface area (Å²) in [6, 6.07) is 8.89. The summed E-state index contributed by atoms with van der Waals surface area (Å²) in [5.74, 6) is 0.772. The zero-order valence-electron chi connectivity index (χ0n) is 11.1. The first-order valence-electron chi connectivity index (χ1n) is 6.64. The standard InChI is InChI=1S/C15H18N2S.Zn/c16-15-17-14(10-18-15)13-8-6-12(7-9-13)11-4-2-1-3-5-11;/h6-11H,1-5H2,(H2,16,17);/q;+2. The van der Waals surface area contributed by atoms with Crippen molar-refractivity contribution in [3.05, 3.63) is 35.2 Å². The minimum atomic E-state index is 0. The summed E-state index contributed by atoms with van der Waals surface area (Å²) in [7, 11) is 0. The van der Waals surface area contributed by atoms with E-state index in [1.54, 1.807) is 0 Å². The quantitative estimate of drug-likeness (QED) is 0.830. The Kier molecular flexibility index (Phi) is 5.12. The largest absolute Gasteiger partial charge is 2.00 e. The van der Waals surface area contributed by atoms with Gasteiger partial charge in [0.2, 0.25) is 0 Å². The van der Waals surface area contributed by atoms with E-state index < -0.39 is 0 Å². The maximum absolute atomic E-state index is 5.67. The van der Waals surface area contributed by atoms with E-state index in [0.29, 0.717) is 5.13 Å². The van der Waals surface area contributed by atoms with Gasteiger partial charge in [-0.3, -0.25) is 0 Å². The normalized spacial score (nSPS) is 16.0. The molecule has 1 aromatic heterocycles. The van der Waals surface area contributed by atoms with Crippen LogP contribution in [0.5, 0.6) is 0 Å². The summed E-state index contributed by atoms with van der Waals surface area (Å²) in [5, 5.41) is 2.66. The summed E-state index contributed by atoms with van der Waals surface area (Å²) >= 11 is 1.50. The Balaban J connectivity index is 0.00000133. The molecule has 0 amide bonds. The zero-order valence-corrected chi connectivity index (χ0v) is 14.9. The Morgan fingerprint density at radius 2 is 1.74 bits per heavy atom. The van der Waals surface area contributed by atoms with Crippen molar-refractivity contribution < 1.29 is 19.5 Å². The smallest absolute Gasteiger partial charge is 0.375 e. The number of anilines is 1. The minimum absolute atomic E-state index is 0. The second-order valence-electron chi connectivity index (χ2n) is 5.03. The topological polar surface area (TPSA) is 38.9 Å². The van der Waals surface area contributed by atoms with E-state index in [9.17, 15) is 0 Å². The second kappa shape index (κ2) is 6.63. The number of nitrogen functional groups attached to an aromatic ring is 1. The molecule has 1 aromatic carbocycles. The fourth-order valence-electron chi connectivity index (χ4n) is 2.78. The van der Waals surface area contributed by atoms with Gasteiger partial charge in [0.05, 0.1) is 5.69 Å². The molecule has 1 saturated carbocycles. The van der Waals surface area contributed by atoms with Crippen LogP contribution in [-0.4, -0.2) is 4.98 Å². The number of rotatable bonds is 2. The molecule has 0 spiro atoms. The van der Waals surface area contributed by atoms with Gasteiger partial charge >= 0.3 is 19.5 Å². The molecule has 94 valence electrons. The Hall–Kier alpha value is -0.727. The molecule has 1 aliphatic carbocycles. The molecular formula is C15H18N2SZn+2. The molecule has 2 aromatic rings. The average molecular weight is 324 g/mol. The van der Waals surface area contributed by atoms with Crippen LogP contribution in [0.25, 0.3) is 11.3 Å². The van der Waals surface area contributed by atoms with E-state index in [4.69, 9.17) is 5.73 Å². The molecule has 0 saturated heterocycles. The molecule has 0 radical (unpaired) electrons. The van der Waals surface area contributed by atoms with E-state index in [2.05, 4.69) is 29.2 Å². The molecule has 2 nitrogen and oxygen atoms in total. The Morgan fingerprint density at radius 3 is 2.32 bits per heavy atom. The molecule has 1 heterocycles. The summed E-state index contributed by atoms with van der Waals surface area (Å²) in [5.41, 5.74) is 9.32. The average Bonchev–Trinajstić information content (AvgIpc) is 2.87. The van der Waals surface area contributed by atoms with Gasteiger partial charge in [0, 0.05) is 10.9 Å². The van der Waals surface area contributed by atoms with Gasteiger partial charge in [-0.2, -0.15) is 0 Å². The van der Waals surface area contributed by atoms with Crippen LogP contribution in [0.4, 0.5) is 5.13 Å². The van der Waals surface area contributed by atoms with Gasteiger partial charge < -0.3 is 5.73 Å². The summed E-state index contributed by atoms with van der Waals surface area (Å²) in [6.45, 7) is 0. The van der Waals surface area contributed by atoms with Crippen molar-refractivity contribution in [1.29, 1.82) is 0 Å². The predicted octanol–water partition coefficient (Wildman–Crippen LogP) is 4.44. The van der Waals surface area contributed by atoms with E-state index in [1.807, 2.05) is 5.38 Å². The third kappa shape index (κ3) is 3.43. The SMILES string of the molecule is Nc1nc(-c2ccc(C3CCCCC3)cc2)cs1.[Zn+2]. The van der Waals surface area contributed by atoms with Gasteiger partial charge in [-0.15, -0.1) is 11.3 Å². The van der Waals surface area contributed by atoms with Crippen molar-refractivity contribution in [2.45, 2.75) is 38.0 Å². The third-order valence-corrected chi connectivity index (χ3v) is 4.48. The van der Waals surface area contributed by atoms with Crippen molar-refractivity contribution in [2.24, 2.45) is 0 Å². The van der Waals surface area contributed by atoms with Crippen LogP contribution in [0.15, 0.2) is 29.6 Å². The van der Waals surface area contributed by atoms with E-state index in [1.165, 1.54) is 54.6 Å². The molecule has 4 heteroatoms. The van der Waals surface area contributed by atoms with Gasteiger partial charge in [-0.25, -0.2) is 4.98 Å². The van der Waals surface area contributed by atoms with Crippen molar-refractivity contribution in [1.82, 2.24) is 4.98 Å². The number of nitrogens with zero attached hydrogens (tertiary/aromatic N) is 1. The minimum Gasteiger partial charge on any atom is -0.375 e. The van der Waals surface area contributed by atoms with Gasteiger partial charge in [0.25, 0.3) is 0 Å². The molecule has 19 heavy (non-hydrogen) atoms. The van der Waals surface area contributed by atoms with Gasteiger partial charge in [-0.05, 0) is 24.3 Å². The van der Waals surface area contributed by atoms with Crippen molar-refractivity contribution in [3.8, 4) is 11.3 Å². The van der Waals surface area contributed by atoms with Crippen molar-refractivity contribution in [2.75, 3.05) is 5.73 Å². The number of hydrogen-bond acceptors (Lipinski definition) is 3. The van der Waals surface area contributed by atoms with E-state index in [-0.39, 0.29) is 19.5 Å². The molecule has 1 fully saturated rings. The van der Waals surface area contributed by atoms with Crippen molar-refractivity contribution in [3.63, 3.8) is 0 Å². The molecular weight excluding hydrogens is 306 g/mol. The fourth-order valence-corrected chi connectivity index (χ4v) is 3.35. The maximum Gasteiger partial charge on any atom is 2.00 e. The van der Waals surface area contributed by atoms with Gasteiger partial charge in [0.1, 0.15) is 0 Å². The first-order valence-corrected chi connectivity index (χ1v) is 7.52. The molecule has 0 unspecified atom stereocenters. The number of aromatic nitrogens is 1. The first kappa shape index (κ1) is 14.7. The maximum atomic E-state index is 5.67. The van der Waals surface area contributed by atoms with Gasteiger partial charge in [-0.1, -0.05) is 43.5 Å². The van der Waals surface area contributed by atoms with E-state index in [0.717, 1.165) is 11.6 Å². The molecule has 1 aliphatic rings. The third-order valence-electron chi connectivity index (χ3n) is 3.80. The second-order valence-corrected chi connectivity index (χ2v) is 5.92. The van der Waals surface area contributed by atoms with Crippen LogP contribution >= 0.6 is 11.3 Å². The summed E-state index contributed by atoms with van der Waals surface area (Å²) in [4.78, 5) is 4.32. The molecule has 0 aliphatic heterocycles. The van der Waals surface area contributed by atoms with Crippen molar-refractivity contribution >= 4 is 16.5 Å². The van der Waals surface area contributed by atoms with E-state index >= 15 is 0 Å². The Morgan fingerprint density at radius 1 is 1.05 bits per heavy atom. The Bertz CT molecular complexity index is 515. The predicted molar refractivity (Wildman–Crippen MR) is 77.8 cm³/mol. The number of nitrogens with two attached hydrogens (primary N) is 1. The molecule has 3 rings (SSSR count). The number of thiazole rings is 1. The molecule has 2 N–H and O–H groups in total. The molecule has 0 bridgehead atoms. The Labute approximate surface area is 131 Å². The molecule has 0 atom stereocenters. The van der Waals surface area contributed by atoms with Crippen LogP contribution in [0.2, 0.25) is 0 Å². The van der Waals surface area contributed by atoms with Gasteiger partial charge in [0.15, 0.2) is 5.13 Å². The number of hydrogen-bond donors (Lipinski definition) is 1. The van der Waals surface area contributed by atoms with Crippen LogP contribution in [0.3, 0.4) is 0 Å². The van der Waals surface area contributed by atoms with Crippen LogP contribution in [0, 0.1) is 0 Å². The van der Waals surface area contributed by atoms with Crippen LogP contribution in [0.1, 0.15) is 43.6 Å². The van der Waals surface area contributed by atoms with Crippen LogP contribution < -0.4 is 5.73 Å². The summed E-state index contributed by atoms with van der Waals surface area (Å²) < 4.78 is 0. The monoisotopic (exact) mass is 322 g/mol. The fraction of sp³-hybridized carbons (Fsp3) is 0.400. The zero-order chi connectivity index (χ0) is 12.4. The van der Waals surface area contributed by atoms with Crippen LogP contribution in [-0.2, 0) is 19.5 Å². The first-order chi connectivity index (χ1) is 8.83.